The Hall–Kier alpha value is -3.35. The first kappa shape index (κ1) is 19.9. The molecule has 3 N–H and O–H groups in total. The minimum absolute atomic E-state index is 0.0953. The molecule has 0 bridgehead atoms. The molecule has 7 nitrogen and oxygen atoms in total. The second-order valence-electron chi connectivity index (χ2n) is 7.21. The zero-order chi connectivity index (χ0) is 22.2. The van der Waals surface area contributed by atoms with Crippen LogP contribution in [0.25, 0.3) is 11.1 Å². The van der Waals surface area contributed by atoms with Crippen LogP contribution in [0, 0.1) is 0 Å². The Balaban J connectivity index is 1.52. The van der Waals surface area contributed by atoms with Crippen molar-refractivity contribution in [3.05, 3.63) is 59.7 Å². The molecule has 30 heavy (non-hydrogen) atoms. The molecule has 2 aromatic rings. The molecular formula is C23H26N2O5. The highest BCUT2D eigenvalue weighted by Crippen LogP contribution is 2.44. The Labute approximate surface area is 176 Å². The van der Waals surface area contributed by atoms with Crippen molar-refractivity contribution in [3.63, 3.8) is 0 Å². The number of benzene rings is 2. The quantitative estimate of drug-likeness (QED) is 0.549. The van der Waals surface area contributed by atoms with Gasteiger partial charge in [-0.05, 0) is 41.5 Å². The number of carbonyl (C=O) groups is 3. The van der Waals surface area contributed by atoms with Crippen LogP contribution in [0.5, 0.6) is 0 Å². The summed E-state index contributed by atoms with van der Waals surface area (Å²) < 4.78 is 12.3. The Bertz CT molecular complexity index is 904. The van der Waals surface area contributed by atoms with Crippen LogP contribution in [0.2, 0.25) is 0 Å². The number of rotatable bonds is 9. The largest absolute Gasteiger partial charge is 0.480 e. The number of carbonyl (C=O) groups excluding carboxylic acids is 2. The predicted octanol–water partition coefficient (Wildman–Crippen LogP) is 3.28. The number of fused-ring (bicyclic) bond motifs is 3. The van der Waals surface area contributed by atoms with Crippen LogP contribution in [0.4, 0.5) is 4.79 Å². The number of carboxylic acid groups (broad SMARTS) is 1. The van der Waals surface area contributed by atoms with Gasteiger partial charge in [-0.2, -0.15) is 0 Å². The molecule has 0 spiro atoms. The van der Waals surface area contributed by atoms with Gasteiger partial charge in [-0.15, -0.1) is 0 Å². The van der Waals surface area contributed by atoms with Crippen LogP contribution in [0.15, 0.2) is 48.5 Å². The van der Waals surface area contributed by atoms with E-state index in [0.717, 1.165) is 22.3 Å². The summed E-state index contributed by atoms with van der Waals surface area (Å²) >= 11 is 0. The van der Waals surface area contributed by atoms with Crippen molar-refractivity contribution in [1.82, 2.24) is 10.6 Å². The molecule has 2 amide bonds. The van der Waals surface area contributed by atoms with Crippen molar-refractivity contribution < 1.29 is 25.6 Å². The van der Waals surface area contributed by atoms with E-state index in [1.165, 1.54) is 0 Å². The maximum absolute atomic E-state index is 12.3. The molecule has 158 valence electrons. The summed E-state index contributed by atoms with van der Waals surface area (Å²) in [7, 11) is 0. The van der Waals surface area contributed by atoms with Gasteiger partial charge in [0.15, 0.2) is 0 Å². The summed E-state index contributed by atoms with van der Waals surface area (Å²) in [6.07, 6.45) is 0.508. The number of amides is 2. The molecule has 0 saturated carbocycles. The lowest BCUT2D eigenvalue weighted by Gasteiger charge is -2.17. The third kappa shape index (κ3) is 5.17. The van der Waals surface area contributed by atoms with Gasteiger partial charge in [0, 0.05) is 20.7 Å². The molecular weight excluding hydrogens is 384 g/mol. The number of carboxylic acids is 1. The van der Waals surface area contributed by atoms with Gasteiger partial charge in [-0.25, -0.2) is 9.59 Å². The van der Waals surface area contributed by atoms with Gasteiger partial charge in [0.1, 0.15) is 12.6 Å². The first-order valence-corrected chi connectivity index (χ1v) is 9.91. The number of unbranched alkanes of at least 4 members (excludes halogenated alkanes) is 1. The molecule has 0 fully saturated rings. The van der Waals surface area contributed by atoms with Crippen molar-refractivity contribution in [2.24, 2.45) is 0 Å². The fraction of sp³-hybridized carbons (Fsp3) is 0.348. The van der Waals surface area contributed by atoms with Gasteiger partial charge in [0.05, 0.1) is 0 Å². The maximum atomic E-state index is 12.3. The van der Waals surface area contributed by atoms with Gasteiger partial charge in [0.25, 0.3) is 0 Å². The third-order valence-corrected chi connectivity index (χ3v) is 5.18. The molecule has 1 atom stereocenters. The van der Waals surface area contributed by atoms with Crippen molar-refractivity contribution in [1.29, 1.82) is 0 Å². The van der Waals surface area contributed by atoms with Crippen LogP contribution in [0.3, 0.4) is 0 Å². The topological polar surface area (TPSA) is 105 Å². The van der Waals surface area contributed by atoms with Crippen molar-refractivity contribution in [2.75, 3.05) is 13.2 Å². The number of alkyl carbamates (subject to hydrolysis) is 1. The van der Waals surface area contributed by atoms with Crippen molar-refractivity contribution in [3.8, 4) is 11.1 Å². The predicted molar refractivity (Wildman–Crippen MR) is 112 cm³/mol. The summed E-state index contributed by atoms with van der Waals surface area (Å²) in [5.41, 5.74) is 4.41. The van der Waals surface area contributed by atoms with Gasteiger partial charge in [0.2, 0.25) is 5.91 Å². The number of hydrogen-bond donors (Lipinski definition) is 3. The summed E-state index contributed by atoms with van der Waals surface area (Å²) in [6.45, 7) is 0.154. The average molecular weight is 411 g/mol. The van der Waals surface area contributed by atoms with E-state index < -0.39 is 18.1 Å². The minimum atomic E-state index is -1.14. The molecule has 0 aliphatic heterocycles. The van der Waals surface area contributed by atoms with E-state index in [0.29, 0.717) is 19.4 Å². The van der Waals surface area contributed by atoms with Crippen LogP contribution < -0.4 is 10.6 Å². The molecule has 0 unspecified atom stereocenters. The second kappa shape index (κ2) is 9.91. The van der Waals surface area contributed by atoms with Gasteiger partial charge in [-0.1, -0.05) is 48.5 Å². The second-order valence-corrected chi connectivity index (χ2v) is 7.21. The lowest BCUT2D eigenvalue weighted by Crippen LogP contribution is -2.41. The molecule has 0 aromatic heterocycles. The van der Waals surface area contributed by atoms with Crippen LogP contribution in [-0.4, -0.2) is 42.3 Å². The van der Waals surface area contributed by atoms with E-state index in [9.17, 15) is 19.5 Å². The van der Waals surface area contributed by atoms with E-state index in [1.54, 1.807) is 0 Å². The molecule has 7 heteroatoms. The third-order valence-electron chi connectivity index (χ3n) is 5.18. The highest BCUT2D eigenvalue weighted by molar-refractivity contribution is 5.81. The Morgan fingerprint density at radius 2 is 1.70 bits per heavy atom. The molecule has 0 saturated heterocycles. The number of hydrogen-bond acceptors (Lipinski definition) is 4. The fourth-order valence-electron chi connectivity index (χ4n) is 3.74. The normalized spacial score (nSPS) is 13.5. The van der Waals surface area contributed by atoms with E-state index in [2.05, 4.69) is 10.6 Å². The van der Waals surface area contributed by atoms with Crippen LogP contribution in [0.1, 0.15) is 44.6 Å². The summed E-state index contributed by atoms with van der Waals surface area (Å²) in [5, 5.41) is 14.4. The first-order valence-electron chi connectivity index (χ1n) is 10.6. The molecule has 1 aliphatic carbocycles. The summed E-state index contributed by atoms with van der Waals surface area (Å²) in [6, 6.07) is 14.9. The maximum Gasteiger partial charge on any atom is 0.407 e. The van der Waals surface area contributed by atoms with E-state index in [1.807, 2.05) is 48.5 Å². The minimum Gasteiger partial charge on any atom is -0.480 e. The summed E-state index contributed by atoms with van der Waals surface area (Å²) in [4.78, 5) is 34.8. The lowest BCUT2D eigenvalue weighted by molar-refractivity contribution is -0.139. The Kier molecular flexibility index (Phi) is 6.59. The highest BCUT2D eigenvalue weighted by atomic mass is 16.5. The zero-order valence-electron chi connectivity index (χ0n) is 17.6. The van der Waals surface area contributed by atoms with Gasteiger partial charge >= 0.3 is 12.1 Å². The molecule has 2 aromatic carbocycles. The fourth-order valence-corrected chi connectivity index (χ4v) is 3.74. The molecule has 3 rings (SSSR count). The highest BCUT2D eigenvalue weighted by Gasteiger charge is 2.29. The van der Waals surface area contributed by atoms with Gasteiger partial charge in [-0.3, -0.25) is 4.79 Å². The Morgan fingerprint density at radius 3 is 2.30 bits per heavy atom. The lowest BCUT2D eigenvalue weighted by atomic mass is 9.98. The number of nitrogens with one attached hydrogen (secondary N) is 2. The SMILES string of the molecule is [2H]CC(=O)NCCCC[C@H](NC(=O)OCC1c2ccccc2-c2ccccc21)C(=O)O. The number of ether oxygens (including phenoxy) is 1. The average Bonchev–Trinajstić information content (AvgIpc) is 3.10. The van der Waals surface area contributed by atoms with Crippen LogP contribution >= 0.6 is 0 Å². The zero-order valence-corrected chi connectivity index (χ0v) is 16.6. The molecule has 0 heterocycles. The van der Waals surface area contributed by atoms with Crippen LogP contribution in [-0.2, 0) is 14.3 Å². The standard InChI is InChI=1S/C23H26N2O5/c1-15(26)24-13-7-6-12-21(22(27)28)25-23(29)30-14-20-18-10-4-2-8-16(18)17-9-3-5-11-19(17)20/h2-5,8-11,20-21H,6-7,12-14H2,1H3,(H,24,26)(H,25,29)(H,27,28)/t21-/m0/s1/i1D. The van der Waals surface area contributed by atoms with Crippen molar-refractivity contribution in [2.45, 2.75) is 38.1 Å². The van der Waals surface area contributed by atoms with E-state index in [4.69, 9.17) is 6.11 Å². The number of aliphatic carboxylic acids is 1. The van der Waals surface area contributed by atoms with Gasteiger partial charge < -0.3 is 20.5 Å². The van der Waals surface area contributed by atoms with E-state index >= 15 is 0 Å². The van der Waals surface area contributed by atoms with E-state index in [-0.39, 0.29) is 31.8 Å². The summed E-state index contributed by atoms with van der Waals surface area (Å²) in [5.74, 6) is -1.60. The molecule has 1 aliphatic rings. The monoisotopic (exact) mass is 411 g/mol. The first-order chi connectivity index (χ1) is 15.0. The molecule has 0 radical (unpaired) electrons. The Morgan fingerprint density at radius 1 is 1.07 bits per heavy atom. The smallest absolute Gasteiger partial charge is 0.407 e. The van der Waals surface area contributed by atoms with Crippen molar-refractivity contribution >= 4 is 18.0 Å².